The lowest BCUT2D eigenvalue weighted by atomic mass is 9.83. The molecule has 1 saturated carbocycles. The number of carbonyl (C=O) groups is 1. The zero-order valence-electron chi connectivity index (χ0n) is 10.4. The van der Waals surface area contributed by atoms with Crippen LogP contribution >= 0.6 is 0 Å². The van der Waals surface area contributed by atoms with Crippen LogP contribution in [-0.2, 0) is 4.79 Å². The van der Waals surface area contributed by atoms with Crippen molar-refractivity contribution in [3.8, 4) is 0 Å². The molecule has 0 bridgehead atoms. The number of ketones is 1. The maximum absolute atomic E-state index is 11.8. The van der Waals surface area contributed by atoms with Gasteiger partial charge < -0.3 is 0 Å². The summed E-state index contributed by atoms with van der Waals surface area (Å²) in [6.07, 6.45) is 6.06. The third kappa shape index (κ3) is 3.65. The third-order valence-electron chi connectivity index (χ3n) is 3.09. The molecule has 0 saturated heterocycles. The first-order valence-electron chi connectivity index (χ1n) is 5.86. The van der Waals surface area contributed by atoms with Gasteiger partial charge in [-0.1, -0.05) is 24.1 Å². The lowest BCUT2D eigenvalue weighted by Gasteiger charge is -2.20. The maximum atomic E-state index is 11.8. The normalized spacial score (nSPS) is 25.1. The van der Waals surface area contributed by atoms with Crippen LogP contribution in [0, 0.1) is 5.92 Å². The van der Waals surface area contributed by atoms with Gasteiger partial charge in [-0.05, 0) is 51.5 Å². The highest BCUT2D eigenvalue weighted by atomic mass is 16.1. The van der Waals surface area contributed by atoms with Crippen molar-refractivity contribution in [1.29, 1.82) is 0 Å². The Bertz CT molecular complexity index is 303. The fraction of sp³-hybridized carbons (Fsp3) is 0.643. The molecule has 0 aromatic rings. The maximum Gasteiger partial charge on any atom is 0.159 e. The minimum absolute atomic E-state index is 0.383. The average molecular weight is 206 g/mol. The van der Waals surface area contributed by atoms with Crippen molar-refractivity contribution in [2.24, 2.45) is 5.92 Å². The van der Waals surface area contributed by atoms with Gasteiger partial charge in [-0.3, -0.25) is 4.79 Å². The van der Waals surface area contributed by atoms with E-state index in [1.54, 1.807) is 0 Å². The minimum Gasteiger partial charge on any atom is -0.295 e. The summed E-state index contributed by atoms with van der Waals surface area (Å²) in [4.78, 5) is 11.8. The second kappa shape index (κ2) is 5.29. The molecular weight excluding hydrogens is 184 g/mol. The predicted molar refractivity (Wildman–Crippen MR) is 64.8 cm³/mol. The van der Waals surface area contributed by atoms with Gasteiger partial charge in [-0.25, -0.2) is 0 Å². The molecule has 1 nitrogen and oxygen atoms in total. The molecule has 1 heteroatoms. The van der Waals surface area contributed by atoms with Crippen LogP contribution in [0.3, 0.4) is 0 Å². The zero-order chi connectivity index (χ0) is 11.4. The SMILES string of the molecule is CC(C)=CC/C(C)=C1/CCC(C)CC1=O. The highest BCUT2D eigenvalue weighted by molar-refractivity contribution is 5.96. The number of carbonyl (C=O) groups excluding carboxylic acids is 1. The second-order valence-corrected chi connectivity index (χ2v) is 5.02. The number of Topliss-reactive ketones (excluding diaryl/α,β-unsaturated/α-hetero) is 1. The van der Waals surface area contributed by atoms with Crippen LogP contribution in [0.1, 0.15) is 53.4 Å². The summed E-state index contributed by atoms with van der Waals surface area (Å²) in [5.74, 6) is 0.964. The van der Waals surface area contributed by atoms with Gasteiger partial charge in [0.15, 0.2) is 5.78 Å². The molecule has 0 aliphatic heterocycles. The topological polar surface area (TPSA) is 17.1 Å². The van der Waals surface area contributed by atoms with E-state index in [9.17, 15) is 4.79 Å². The van der Waals surface area contributed by atoms with Gasteiger partial charge in [-0.15, -0.1) is 0 Å². The van der Waals surface area contributed by atoms with Crippen LogP contribution < -0.4 is 0 Å². The summed E-state index contributed by atoms with van der Waals surface area (Å²) >= 11 is 0. The van der Waals surface area contributed by atoms with Crippen molar-refractivity contribution in [2.45, 2.75) is 53.4 Å². The van der Waals surface area contributed by atoms with Crippen molar-refractivity contribution in [2.75, 3.05) is 0 Å². The highest BCUT2D eigenvalue weighted by Crippen LogP contribution is 2.28. The van der Waals surface area contributed by atoms with E-state index in [-0.39, 0.29) is 0 Å². The molecule has 0 aromatic carbocycles. The van der Waals surface area contributed by atoms with Crippen molar-refractivity contribution >= 4 is 5.78 Å². The van der Waals surface area contributed by atoms with Crippen LogP contribution in [0.25, 0.3) is 0 Å². The molecule has 84 valence electrons. The quantitative estimate of drug-likeness (QED) is 0.492. The molecule has 1 unspecified atom stereocenters. The van der Waals surface area contributed by atoms with Gasteiger partial charge >= 0.3 is 0 Å². The fourth-order valence-electron chi connectivity index (χ4n) is 2.00. The molecular formula is C14H22O. The van der Waals surface area contributed by atoms with Crippen molar-refractivity contribution < 1.29 is 4.79 Å². The summed E-state index contributed by atoms with van der Waals surface area (Å²) in [5, 5.41) is 0. The molecule has 0 amide bonds. The molecule has 0 N–H and O–H groups in total. The van der Waals surface area contributed by atoms with Gasteiger partial charge in [0.2, 0.25) is 0 Å². The van der Waals surface area contributed by atoms with Crippen LogP contribution in [0.5, 0.6) is 0 Å². The summed E-state index contributed by atoms with van der Waals surface area (Å²) in [6, 6.07) is 0. The van der Waals surface area contributed by atoms with E-state index in [0.717, 1.165) is 24.8 Å². The molecule has 1 fully saturated rings. The Morgan fingerprint density at radius 2 is 2.07 bits per heavy atom. The minimum atomic E-state index is 0.383. The first-order valence-corrected chi connectivity index (χ1v) is 5.86. The molecule has 1 aliphatic rings. The number of hydrogen-bond acceptors (Lipinski definition) is 1. The molecule has 1 aliphatic carbocycles. The number of allylic oxidation sites excluding steroid dienone is 4. The molecule has 1 atom stereocenters. The van der Waals surface area contributed by atoms with E-state index in [1.165, 1.54) is 17.6 Å². The van der Waals surface area contributed by atoms with Gasteiger partial charge in [0, 0.05) is 6.42 Å². The molecule has 0 spiro atoms. The van der Waals surface area contributed by atoms with E-state index in [1.807, 2.05) is 0 Å². The first-order chi connectivity index (χ1) is 7.00. The van der Waals surface area contributed by atoms with Gasteiger partial charge in [-0.2, -0.15) is 0 Å². The highest BCUT2D eigenvalue weighted by Gasteiger charge is 2.21. The number of hydrogen-bond donors (Lipinski definition) is 0. The second-order valence-electron chi connectivity index (χ2n) is 5.02. The Balaban J connectivity index is 2.72. The van der Waals surface area contributed by atoms with E-state index in [0.29, 0.717) is 11.7 Å². The van der Waals surface area contributed by atoms with Crippen LogP contribution in [0.4, 0.5) is 0 Å². The first kappa shape index (κ1) is 12.2. The standard InChI is InChI=1S/C14H22O/c1-10(2)5-7-12(4)13-8-6-11(3)9-14(13)15/h5,11H,6-9H2,1-4H3/b13-12-. The Morgan fingerprint density at radius 1 is 1.40 bits per heavy atom. The largest absolute Gasteiger partial charge is 0.295 e. The summed E-state index contributed by atoms with van der Waals surface area (Å²) in [6.45, 7) is 8.47. The lowest BCUT2D eigenvalue weighted by Crippen LogP contribution is -2.16. The molecule has 15 heavy (non-hydrogen) atoms. The van der Waals surface area contributed by atoms with Crippen LogP contribution in [0.15, 0.2) is 22.8 Å². The predicted octanol–water partition coefficient (Wildman–Crippen LogP) is 4.05. The van der Waals surface area contributed by atoms with E-state index >= 15 is 0 Å². The van der Waals surface area contributed by atoms with Crippen LogP contribution in [0.2, 0.25) is 0 Å². The van der Waals surface area contributed by atoms with Crippen LogP contribution in [-0.4, -0.2) is 5.78 Å². The van der Waals surface area contributed by atoms with Gasteiger partial charge in [0.05, 0.1) is 0 Å². The smallest absolute Gasteiger partial charge is 0.159 e. The number of rotatable bonds is 2. The fourth-order valence-corrected chi connectivity index (χ4v) is 2.00. The van der Waals surface area contributed by atoms with E-state index in [4.69, 9.17) is 0 Å². The lowest BCUT2D eigenvalue weighted by molar-refractivity contribution is -0.117. The Labute approximate surface area is 93.3 Å². The zero-order valence-corrected chi connectivity index (χ0v) is 10.4. The summed E-state index contributed by atoms with van der Waals surface area (Å²) in [5.41, 5.74) is 3.70. The molecule has 0 heterocycles. The van der Waals surface area contributed by atoms with Gasteiger partial charge in [0.1, 0.15) is 0 Å². The molecule has 1 rings (SSSR count). The Morgan fingerprint density at radius 3 is 2.60 bits per heavy atom. The van der Waals surface area contributed by atoms with Crippen molar-refractivity contribution in [1.82, 2.24) is 0 Å². The van der Waals surface area contributed by atoms with E-state index in [2.05, 4.69) is 33.8 Å². The monoisotopic (exact) mass is 206 g/mol. The van der Waals surface area contributed by atoms with Crippen molar-refractivity contribution in [3.05, 3.63) is 22.8 Å². The van der Waals surface area contributed by atoms with Gasteiger partial charge in [0.25, 0.3) is 0 Å². The molecule has 0 radical (unpaired) electrons. The Kier molecular flexibility index (Phi) is 4.31. The third-order valence-corrected chi connectivity index (χ3v) is 3.09. The Hall–Kier alpha value is -0.850. The average Bonchev–Trinajstić information content (AvgIpc) is 2.14. The van der Waals surface area contributed by atoms with Crippen molar-refractivity contribution in [3.63, 3.8) is 0 Å². The summed E-state index contributed by atoms with van der Waals surface area (Å²) < 4.78 is 0. The molecule has 0 aromatic heterocycles. The van der Waals surface area contributed by atoms with E-state index < -0.39 is 0 Å². The summed E-state index contributed by atoms with van der Waals surface area (Å²) in [7, 11) is 0.